The first-order valence-corrected chi connectivity index (χ1v) is 10.8. The van der Waals surface area contributed by atoms with E-state index in [9.17, 15) is 13.2 Å². The Kier molecular flexibility index (Phi) is 5.87. The van der Waals surface area contributed by atoms with Gasteiger partial charge in [0.1, 0.15) is 5.66 Å². The third-order valence-electron chi connectivity index (χ3n) is 6.42. The molecular weight excluding hydrogens is 407 g/mol. The van der Waals surface area contributed by atoms with Gasteiger partial charge in [0.15, 0.2) is 0 Å². The summed E-state index contributed by atoms with van der Waals surface area (Å²) in [4.78, 5) is 14.7. The zero-order chi connectivity index (χ0) is 22.2. The summed E-state index contributed by atoms with van der Waals surface area (Å²) in [6, 6.07) is 4.19. The molecule has 0 amide bonds. The number of piperazine rings is 1. The fraction of sp³-hybridized carbons (Fsp3) is 0.619. The van der Waals surface area contributed by atoms with E-state index in [1.807, 2.05) is 7.05 Å². The number of halogens is 3. The van der Waals surface area contributed by atoms with Crippen LogP contribution in [0.15, 0.2) is 28.2 Å². The summed E-state index contributed by atoms with van der Waals surface area (Å²) >= 11 is 0. The molecule has 170 valence electrons. The summed E-state index contributed by atoms with van der Waals surface area (Å²) in [5.74, 6) is 0.180. The molecule has 1 aromatic rings. The second-order valence-corrected chi connectivity index (χ2v) is 8.78. The van der Waals surface area contributed by atoms with Crippen LogP contribution in [-0.2, 0) is 12.7 Å². The van der Waals surface area contributed by atoms with Crippen molar-refractivity contribution in [2.45, 2.75) is 50.5 Å². The first kappa shape index (κ1) is 21.9. The quantitative estimate of drug-likeness (QED) is 0.759. The first-order chi connectivity index (χ1) is 14.7. The highest BCUT2D eigenvalue weighted by Crippen LogP contribution is 2.41. The van der Waals surface area contributed by atoms with E-state index in [4.69, 9.17) is 11.5 Å². The Labute approximate surface area is 180 Å². The SMILES string of the molecule is CN1CCN(Cc2cc(N3C(N)=NC(N)=NC34CCCCC4)cc(C(F)(F)F)c2)CC1. The average molecular weight is 438 g/mol. The van der Waals surface area contributed by atoms with Gasteiger partial charge in [-0.1, -0.05) is 6.42 Å². The number of anilines is 1. The van der Waals surface area contributed by atoms with Gasteiger partial charge in [-0.25, -0.2) is 4.99 Å². The molecule has 31 heavy (non-hydrogen) atoms. The predicted octanol–water partition coefficient (Wildman–Crippen LogP) is 2.56. The number of hydrogen-bond acceptors (Lipinski definition) is 7. The molecule has 0 bridgehead atoms. The van der Waals surface area contributed by atoms with Crippen molar-refractivity contribution in [1.29, 1.82) is 0 Å². The number of guanidine groups is 2. The van der Waals surface area contributed by atoms with Crippen LogP contribution in [0.25, 0.3) is 0 Å². The number of aliphatic imine (C=N–C) groups is 2. The average Bonchev–Trinajstić information content (AvgIpc) is 2.69. The monoisotopic (exact) mass is 437 g/mol. The summed E-state index contributed by atoms with van der Waals surface area (Å²) in [5, 5.41) is 0. The molecule has 0 atom stereocenters. The zero-order valence-electron chi connectivity index (χ0n) is 17.8. The maximum absolute atomic E-state index is 13.8. The van der Waals surface area contributed by atoms with E-state index in [0.717, 1.165) is 51.5 Å². The number of alkyl halides is 3. The van der Waals surface area contributed by atoms with Gasteiger partial charge in [-0.05, 0) is 56.5 Å². The van der Waals surface area contributed by atoms with Crippen LogP contribution in [0.5, 0.6) is 0 Å². The summed E-state index contributed by atoms with van der Waals surface area (Å²) < 4.78 is 41.4. The van der Waals surface area contributed by atoms with Gasteiger partial charge < -0.3 is 16.4 Å². The lowest BCUT2D eigenvalue weighted by atomic mass is 9.87. The molecule has 4 rings (SSSR count). The second kappa shape index (κ2) is 8.31. The largest absolute Gasteiger partial charge is 0.416 e. The van der Waals surface area contributed by atoms with Crippen LogP contribution in [0.3, 0.4) is 0 Å². The molecule has 1 saturated heterocycles. The Bertz CT molecular complexity index is 866. The predicted molar refractivity (Wildman–Crippen MR) is 116 cm³/mol. The Morgan fingerprint density at radius 1 is 1.00 bits per heavy atom. The van der Waals surface area contributed by atoms with Crippen LogP contribution in [0, 0.1) is 0 Å². The molecule has 0 aromatic heterocycles. The third kappa shape index (κ3) is 4.64. The molecule has 2 aliphatic heterocycles. The highest BCUT2D eigenvalue weighted by molar-refractivity contribution is 6.05. The molecular formula is C21H30F3N7. The number of nitrogens with two attached hydrogens (primary N) is 2. The Morgan fingerprint density at radius 3 is 2.32 bits per heavy atom. The van der Waals surface area contributed by atoms with Gasteiger partial charge >= 0.3 is 6.18 Å². The van der Waals surface area contributed by atoms with E-state index in [1.54, 1.807) is 11.0 Å². The van der Waals surface area contributed by atoms with Crippen molar-refractivity contribution in [2.24, 2.45) is 21.5 Å². The van der Waals surface area contributed by atoms with Crippen molar-refractivity contribution in [1.82, 2.24) is 9.80 Å². The van der Waals surface area contributed by atoms with E-state index in [1.165, 1.54) is 6.07 Å². The van der Waals surface area contributed by atoms with Crippen molar-refractivity contribution in [3.8, 4) is 0 Å². The van der Waals surface area contributed by atoms with Crippen molar-refractivity contribution < 1.29 is 13.2 Å². The molecule has 1 saturated carbocycles. The van der Waals surface area contributed by atoms with Crippen LogP contribution in [0.4, 0.5) is 18.9 Å². The van der Waals surface area contributed by atoms with Gasteiger partial charge in [-0.3, -0.25) is 9.80 Å². The van der Waals surface area contributed by atoms with Crippen LogP contribution in [0.1, 0.15) is 43.2 Å². The van der Waals surface area contributed by atoms with Crippen LogP contribution >= 0.6 is 0 Å². The molecule has 2 heterocycles. The number of rotatable bonds is 3. The fourth-order valence-corrected chi connectivity index (χ4v) is 4.82. The van der Waals surface area contributed by atoms with Gasteiger partial charge in [-0.15, -0.1) is 0 Å². The maximum atomic E-state index is 13.8. The molecule has 2 fully saturated rings. The molecule has 4 N–H and O–H groups in total. The maximum Gasteiger partial charge on any atom is 0.416 e. The molecule has 1 aliphatic carbocycles. The lowest BCUT2D eigenvalue weighted by Crippen LogP contribution is -2.58. The second-order valence-electron chi connectivity index (χ2n) is 8.78. The minimum Gasteiger partial charge on any atom is -0.369 e. The lowest BCUT2D eigenvalue weighted by molar-refractivity contribution is -0.137. The standard InChI is InChI=1S/C21H30F3N7/c1-29-7-9-30(10-8-29)14-15-11-16(21(22,23)24)13-17(12-15)31-19(26)27-18(25)28-20(31)5-3-2-4-6-20/h11-13H,2-10,14H2,1H3,(H4,25,26,27,28). The molecule has 1 spiro atoms. The van der Waals surface area contributed by atoms with Gasteiger partial charge in [0.2, 0.25) is 11.9 Å². The summed E-state index contributed by atoms with van der Waals surface area (Å²) in [5.41, 5.74) is 11.7. The van der Waals surface area contributed by atoms with E-state index >= 15 is 0 Å². The molecule has 3 aliphatic rings. The van der Waals surface area contributed by atoms with Crippen LogP contribution in [-0.4, -0.2) is 60.6 Å². The van der Waals surface area contributed by atoms with Gasteiger partial charge in [0.25, 0.3) is 0 Å². The van der Waals surface area contributed by atoms with Crippen LogP contribution < -0.4 is 16.4 Å². The Balaban J connectivity index is 1.73. The highest BCUT2D eigenvalue weighted by Gasteiger charge is 2.43. The summed E-state index contributed by atoms with van der Waals surface area (Å²) in [7, 11) is 2.05. The van der Waals surface area contributed by atoms with Crippen molar-refractivity contribution in [2.75, 3.05) is 38.1 Å². The van der Waals surface area contributed by atoms with E-state index in [0.29, 0.717) is 30.6 Å². The normalized spacial score (nSPS) is 23.0. The van der Waals surface area contributed by atoms with Crippen LogP contribution in [0.2, 0.25) is 0 Å². The van der Waals surface area contributed by atoms with E-state index < -0.39 is 17.4 Å². The molecule has 10 heteroatoms. The first-order valence-electron chi connectivity index (χ1n) is 10.8. The molecule has 0 radical (unpaired) electrons. The molecule has 7 nitrogen and oxygen atoms in total. The van der Waals surface area contributed by atoms with Crippen molar-refractivity contribution in [3.63, 3.8) is 0 Å². The molecule has 1 aromatic carbocycles. The molecule has 0 unspecified atom stereocenters. The lowest BCUT2D eigenvalue weighted by Gasteiger charge is -2.46. The Hall–Kier alpha value is -2.33. The zero-order valence-corrected chi connectivity index (χ0v) is 17.8. The van der Waals surface area contributed by atoms with E-state index in [-0.39, 0.29) is 11.9 Å². The fourth-order valence-electron chi connectivity index (χ4n) is 4.82. The number of benzene rings is 1. The summed E-state index contributed by atoms with van der Waals surface area (Å²) in [6.45, 7) is 3.89. The number of likely N-dealkylation sites (N-methyl/N-ethyl adjacent to an activating group) is 1. The van der Waals surface area contributed by atoms with Gasteiger partial charge in [-0.2, -0.15) is 18.2 Å². The van der Waals surface area contributed by atoms with Gasteiger partial charge in [0.05, 0.1) is 5.56 Å². The third-order valence-corrected chi connectivity index (χ3v) is 6.42. The van der Waals surface area contributed by atoms with Crippen molar-refractivity contribution in [3.05, 3.63) is 29.3 Å². The van der Waals surface area contributed by atoms with Gasteiger partial charge in [0, 0.05) is 38.4 Å². The topological polar surface area (TPSA) is 86.5 Å². The van der Waals surface area contributed by atoms with E-state index in [2.05, 4.69) is 19.8 Å². The smallest absolute Gasteiger partial charge is 0.369 e. The minimum absolute atomic E-state index is 0.0836. The number of hydrogen-bond donors (Lipinski definition) is 2. The van der Waals surface area contributed by atoms with Crippen molar-refractivity contribution >= 4 is 17.6 Å². The minimum atomic E-state index is -4.46. The Morgan fingerprint density at radius 2 is 1.68 bits per heavy atom. The summed E-state index contributed by atoms with van der Waals surface area (Å²) in [6.07, 6.45) is -0.237. The number of nitrogens with zero attached hydrogens (tertiary/aromatic N) is 5. The highest BCUT2D eigenvalue weighted by atomic mass is 19.4.